The summed E-state index contributed by atoms with van der Waals surface area (Å²) >= 11 is 0. The van der Waals surface area contributed by atoms with E-state index in [-0.39, 0.29) is 11.6 Å². The average molecular weight is 338 g/mol. The summed E-state index contributed by atoms with van der Waals surface area (Å²) in [5.74, 6) is 1.63. The van der Waals surface area contributed by atoms with E-state index >= 15 is 0 Å². The molecule has 2 unspecified atom stereocenters. The van der Waals surface area contributed by atoms with Gasteiger partial charge in [0.2, 0.25) is 0 Å². The Hall–Kier alpha value is -2.36. The third kappa shape index (κ3) is 3.39. The van der Waals surface area contributed by atoms with Crippen molar-refractivity contribution in [1.29, 1.82) is 0 Å². The van der Waals surface area contributed by atoms with E-state index < -0.39 is 0 Å². The Morgan fingerprint density at radius 3 is 2.72 bits per heavy atom. The molecule has 2 aliphatic rings. The van der Waals surface area contributed by atoms with Gasteiger partial charge < -0.3 is 9.15 Å². The molecule has 1 aliphatic carbocycles. The van der Waals surface area contributed by atoms with Crippen molar-refractivity contribution >= 4 is 11.4 Å². The summed E-state index contributed by atoms with van der Waals surface area (Å²) in [6.45, 7) is 8.54. The maximum atomic E-state index is 5.65. The summed E-state index contributed by atoms with van der Waals surface area (Å²) in [6.07, 6.45) is 9.96. The number of hydrogen-bond donors (Lipinski definition) is 0. The van der Waals surface area contributed by atoms with Crippen molar-refractivity contribution in [3.8, 4) is 0 Å². The van der Waals surface area contributed by atoms with Gasteiger partial charge in [0.05, 0.1) is 24.6 Å². The Balaban J connectivity index is 2.04. The molecular formula is C21H26N2O2. The fourth-order valence-corrected chi connectivity index (χ4v) is 3.21. The Morgan fingerprint density at radius 1 is 1.32 bits per heavy atom. The van der Waals surface area contributed by atoms with Crippen molar-refractivity contribution < 1.29 is 9.15 Å². The first-order valence-corrected chi connectivity index (χ1v) is 8.91. The van der Waals surface area contributed by atoms with Gasteiger partial charge in [0.1, 0.15) is 23.3 Å². The van der Waals surface area contributed by atoms with Crippen molar-refractivity contribution in [3.63, 3.8) is 0 Å². The highest BCUT2D eigenvalue weighted by Crippen LogP contribution is 2.35. The molecule has 0 saturated carbocycles. The highest BCUT2D eigenvalue weighted by molar-refractivity contribution is 6.25. The normalized spacial score (nSPS) is 25.6. The number of nitrogens with zero attached hydrogens (tertiary/aromatic N) is 2. The number of ether oxygens (including phenoxy) is 1. The van der Waals surface area contributed by atoms with Crippen LogP contribution >= 0.6 is 0 Å². The molecule has 0 fully saturated rings. The van der Waals surface area contributed by atoms with Gasteiger partial charge in [-0.3, -0.25) is 9.98 Å². The van der Waals surface area contributed by atoms with E-state index in [0.29, 0.717) is 0 Å². The molecular weight excluding hydrogens is 312 g/mol. The molecule has 0 aromatic carbocycles. The minimum Gasteiger partial charge on any atom is -0.494 e. The summed E-state index contributed by atoms with van der Waals surface area (Å²) in [4.78, 5) is 9.77. The van der Waals surface area contributed by atoms with Gasteiger partial charge >= 0.3 is 0 Å². The zero-order valence-corrected chi connectivity index (χ0v) is 15.7. The Labute approximate surface area is 149 Å². The van der Waals surface area contributed by atoms with Crippen molar-refractivity contribution in [2.75, 3.05) is 7.11 Å². The molecule has 1 aliphatic heterocycles. The second-order valence-corrected chi connectivity index (χ2v) is 6.71. The van der Waals surface area contributed by atoms with Crippen LogP contribution in [0.3, 0.4) is 0 Å². The van der Waals surface area contributed by atoms with Crippen molar-refractivity contribution in [3.05, 3.63) is 59.3 Å². The van der Waals surface area contributed by atoms with Crippen LogP contribution in [-0.2, 0) is 4.74 Å². The number of methoxy groups -OCH3 is 1. The maximum absolute atomic E-state index is 5.65. The lowest BCUT2D eigenvalue weighted by Crippen LogP contribution is -2.30. The van der Waals surface area contributed by atoms with Crippen molar-refractivity contribution in [1.82, 2.24) is 0 Å². The Kier molecular flexibility index (Phi) is 4.80. The van der Waals surface area contributed by atoms with Gasteiger partial charge in [0.25, 0.3) is 0 Å². The minimum atomic E-state index is -0.175. The molecule has 0 bridgehead atoms. The minimum absolute atomic E-state index is 0.0479. The number of rotatable bonds is 5. The van der Waals surface area contributed by atoms with Gasteiger partial charge in [-0.15, -0.1) is 0 Å². The molecule has 3 rings (SSSR count). The van der Waals surface area contributed by atoms with E-state index in [1.165, 1.54) is 5.57 Å². The van der Waals surface area contributed by atoms with Crippen LogP contribution in [0.5, 0.6) is 0 Å². The molecule has 2 atom stereocenters. The third-order valence-electron chi connectivity index (χ3n) is 4.87. The van der Waals surface area contributed by atoms with E-state index in [0.717, 1.165) is 41.4 Å². The second-order valence-electron chi connectivity index (χ2n) is 6.71. The quantitative estimate of drug-likeness (QED) is 0.692. The van der Waals surface area contributed by atoms with Gasteiger partial charge in [0, 0.05) is 11.6 Å². The largest absolute Gasteiger partial charge is 0.494 e. The summed E-state index contributed by atoms with van der Waals surface area (Å²) in [5, 5.41) is 0. The van der Waals surface area contributed by atoms with Gasteiger partial charge in [-0.25, -0.2) is 0 Å². The number of furan rings is 1. The average Bonchev–Trinajstić information content (AvgIpc) is 3.15. The van der Waals surface area contributed by atoms with E-state index in [9.17, 15) is 0 Å². The number of allylic oxidation sites excluding steroid dienone is 4. The van der Waals surface area contributed by atoms with Gasteiger partial charge in [-0.1, -0.05) is 19.9 Å². The van der Waals surface area contributed by atoms with Crippen molar-refractivity contribution in [2.45, 2.75) is 52.1 Å². The Morgan fingerprint density at radius 2 is 2.12 bits per heavy atom. The Bertz CT molecular complexity index is 794. The zero-order valence-electron chi connectivity index (χ0n) is 15.7. The molecule has 1 aromatic heterocycles. The summed E-state index contributed by atoms with van der Waals surface area (Å²) in [6, 6.07) is 3.79. The maximum Gasteiger partial charge on any atom is 0.146 e. The standard InChI is InChI=1S/C21H26N2O2/c1-6-15-13-21(4,7-2)23-20-17(15)11-16(12-19(20)24-5)22-14(3)18-9-8-10-25-18/h8-14H,6-7H2,1-5H3. The van der Waals surface area contributed by atoms with Crippen molar-refractivity contribution in [2.24, 2.45) is 9.98 Å². The predicted molar refractivity (Wildman–Crippen MR) is 102 cm³/mol. The van der Waals surface area contributed by atoms with Crippen LogP contribution in [0, 0.1) is 0 Å². The molecule has 0 N–H and O–H groups in total. The summed E-state index contributed by atoms with van der Waals surface area (Å²) < 4.78 is 11.1. The van der Waals surface area contributed by atoms with Crippen LogP contribution < -0.4 is 0 Å². The first-order chi connectivity index (χ1) is 12.0. The van der Waals surface area contributed by atoms with Crippen LogP contribution in [-0.4, -0.2) is 24.1 Å². The molecule has 25 heavy (non-hydrogen) atoms. The molecule has 0 spiro atoms. The number of dihydropyridines is 1. The first-order valence-electron chi connectivity index (χ1n) is 8.91. The number of hydrogen-bond acceptors (Lipinski definition) is 4. The van der Waals surface area contributed by atoms with E-state index in [1.54, 1.807) is 13.4 Å². The topological polar surface area (TPSA) is 47.1 Å². The molecule has 4 heteroatoms. The SMILES string of the molecule is CCC1=CC(C)(CC)N=C2C(OC)=CC(=NC(C)c3ccco3)C=C12. The highest BCUT2D eigenvalue weighted by Gasteiger charge is 2.31. The summed E-state index contributed by atoms with van der Waals surface area (Å²) in [5.41, 5.74) is 4.07. The predicted octanol–water partition coefficient (Wildman–Crippen LogP) is 5.21. The highest BCUT2D eigenvalue weighted by atomic mass is 16.5. The molecule has 0 radical (unpaired) electrons. The molecule has 0 saturated heterocycles. The van der Waals surface area contributed by atoms with E-state index in [4.69, 9.17) is 19.1 Å². The van der Waals surface area contributed by atoms with E-state index in [2.05, 4.69) is 32.9 Å². The van der Waals surface area contributed by atoms with Gasteiger partial charge in [-0.05, 0) is 50.5 Å². The van der Waals surface area contributed by atoms with Crippen LogP contribution in [0.25, 0.3) is 0 Å². The van der Waals surface area contributed by atoms with Crippen LogP contribution in [0.2, 0.25) is 0 Å². The first kappa shape index (κ1) is 17.5. The third-order valence-corrected chi connectivity index (χ3v) is 4.87. The number of aliphatic imine (C=N–C) groups is 2. The number of fused-ring (bicyclic) bond motifs is 1. The molecule has 132 valence electrons. The fourth-order valence-electron chi connectivity index (χ4n) is 3.21. The molecule has 0 amide bonds. The second kappa shape index (κ2) is 6.87. The lowest BCUT2D eigenvalue weighted by molar-refractivity contribution is 0.314. The van der Waals surface area contributed by atoms with Crippen LogP contribution in [0.1, 0.15) is 52.3 Å². The molecule has 4 nitrogen and oxygen atoms in total. The van der Waals surface area contributed by atoms with E-state index in [1.807, 2.05) is 25.1 Å². The van der Waals surface area contributed by atoms with Gasteiger partial charge in [-0.2, -0.15) is 0 Å². The molecule has 1 aromatic rings. The van der Waals surface area contributed by atoms with Crippen LogP contribution in [0.4, 0.5) is 0 Å². The van der Waals surface area contributed by atoms with Crippen LogP contribution in [0.15, 0.2) is 67.9 Å². The zero-order chi connectivity index (χ0) is 18.0. The lowest BCUT2D eigenvalue weighted by atomic mass is 9.83. The van der Waals surface area contributed by atoms with Gasteiger partial charge in [0.15, 0.2) is 0 Å². The smallest absolute Gasteiger partial charge is 0.146 e. The fraction of sp³-hybridized carbons (Fsp3) is 0.429. The lowest BCUT2D eigenvalue weighted by Gasteiger charge is -2.31. The monoisotopic (exact) mass is 338 g/mol. The summed E-state index contributed by atoms with van der Waals surface area (Å²) in [7, 11) is 1.69. The molecule has 2 heterocycles.